The lowest BCUT2D eigenvalue weighted by Gasteiger charge is -2.28. The molecule has 114 valence electrons. The molecular formula is C18H13N2O3-. The smallest absolute Gasteiger partial charge is 0.255 e. The fraction of sp³-hybridized carbons (Fsp3) is 0.167. The highest BCUT2D eigenvalue weighted by atomic mass is 16.4. The van der Waals surface area contributed by atoms with Gasteiger partial charge in [0.25, 0.3) is 5.91 Å². The van der Waals surface area contributed by atoms with Crippen molar-refractivity contribution in [1.82, 2.24) is 4.90 Å². The molecule has 3 rings (SSSR count). The maximum Gasteiger partial charge on any atom is 0.255 e. The summed E-state index contributed by atoms with van der Waals surface area (Å²) in [4.78, 5) is 25.3. The second kappa shape index (κ2) is 5.93. The predicted molar refractivity (Wildman–Crippen MR) is 79.8 cm³/mol. The van der Waals surface area contributed by atoms with Gasteiger partial charge < -0.3 is 14.8 Å². The van der Waals surface area contributed by atoms with Crippen molar-refractivity contribution in [2.45, 2.75) is 19.0 Å². The highest BCUT2D eigenvalue weighted by Gasteiger charge is 2.33. The molecule has 1 amide bonds. The monoisotopic (exact) mass is 305 g/mol. The Morgan fingerprint density at radius 1 is 1.22 bits per heavy atom. The van der Waals surface area contributed by atoms with Gasteiger partial charge in [-0.2, -0.15) is 5.26 Å². The highest BCUT2D eigenvalue weighted by Crippen LogP contribution is 2.33. The standard InChI is InChI=1S/C18H14N2O3/c19-10-12-5-7-13(8-6-12)16(9-17(21)22)20-11-14-3-1-2-4-15(14)18(20)23/h1-8,16H,9,11H2,(H,21,22)/p-1/t16-/m1/s1. The lowest BCUT2D eigenvalue weighted by Crippen LogP contribution is -2.34. The van der Waals surface area contributed by atoms with Crippen molar-refractivity contribution in [3.05, 3.63) is 70.8 Å². The molecule has 0 spiro atoms. The van der Waals surface area contributed by atoms with Gasteiger partial charge in [-0.05, 0) is 29.3 Å². The van der Waals surface area contributed by atoms with Crippen molar-refractivity contribution in [3.63, 3.8) is 0 Å². The minimum absolute atomic E-state index is 0.184. The van der Waals surface area contributed by atoms with Gasteiger partial charge in [-0.1, -0.05) is 30.3 Å². The molecule has 2 aromatic rings. The van der Waals surface area contributed by atoms with Gasteiger partial charge in [0.05, 0.1) is 17.7 Å². The zero-order chi connectivity index (χ0) is 16.4. The van der Waals surface area contributed by atoms with E-state index in [-0.39, 0.29) is 12.3 Å². The fourth-order valence-corrected chi connectivity index (χ4v) is 2.87. The fourth-order valence-electron chi connectivity index (χ4n) is 2.87. The van der Waals surface area contributed by atoms with Crippen molar-refractivity contribution in [2.24, 2.45) is 0 Å². The Bertz CT molecular complexity index is 806. The summed E-state index contributed by atoms with van der Waals surface area (Å²) in [6, 6.07) is 15.2. The molecule has 1 heterocycles. The van der Waals surface area contributed by atoms with E-state index in [1.165, 1.54) is 0 Å². The van der Waals surface area contributed by atoms with Crippen LogP contribution in [-0.2, 0) is 11.3 Å². The molecule has 0 unspecified atom stereocenters. The number of hydrogen-bond acceptors (Lipinski definition) is 4. The van der Waals surface area contributed by atoms with Gasteiger partial charge in [-0.25, -0.2) is 0 Å². The first-order valence-corrected chi connectivity index (χ1v) is 7.19. The number of carboxylic acid groups (broad SMARTS) is 1. The normalized spacial score (nSPS) is 14.2. The molecule has 0 N–H and O–H groups in total. The number of nitriles is 1. The summed E-state index contributed by atoms with van der Waals surface area (Å²) >= 11 is 0. The number of carboxylic acids is 1. The SMILES string of the molecule is N#Cc1ccc([C@@H](CC(=O)[O-])N2Cc3ccccc3C2=O)cc1. The zero-order valence-electron chi connectivity index (χ0n) is 12.2. The molecule has 2 aromatic carbocycles. The molecule has 0 fully saturated rings. The summed E-state index contributed by atoms with van der Waals surface area (Å²) in [5.74, 6) is -1.40. The van der Waals surface area contributed by atoms with Gasteiger partial charge in [-0.15, -0.1) is 0 Å². The van der Waals surface area contributed by atoms with Crippen LogP contribution in [-0.4, -0.2) is 16.8 Å². The van der Waals surface area contributed by atoms with Gasteiger partial charge in [0.1, 0.15) is 0 Å². The highest BCUT2D eigenvalue weighted by molar-refractivity contribution is 5.98. The van der Waals surface area contributed by atoms with Crippen LogP contribution in [0.25, 0.3) is 0 Å². The summed E-state index contributed by atoms with van der Waals surface area (Å²) in [6.07, 6.45) is -0.286. The molecule has 5 nitrogen and oxygen atoms in total. The maximum atomic E-state index is 12.6. The van der Waals surface area contributed by atoms with Gasteiger partial charge >= 0.3 is 0 Å². The van der Waals surface area contributed by atoms with Crippen LogP contribution in [0.3, 0.4) is 0 Å². The molecule has 0 aliphatic carbocycles. The molecular weight excluding hydrogens is 292 g/mol. The van der Waals surface area contributed by atoms with E-state index in [4.69, 9.17) is 5.26 Å². The topological polar surface area (TPSA) is 84.2 Å². The van der Waals surface area contributed by atoms with Crippen LogP contribution in [0.5, 0.6) is 0 Å². The first-order chi connectivity index (χ1) is 11.1. The van der Waals surface area contributed by atoms with Crippen LogP contribution in [0.1, 0.15) is 39.5 Å². The number of benzene rings is 2. The predicted octanol–water partition coefficient (Wildman–Crippen LogP) is 1.40. The van der Waals surface area contributed by atoms with Crippen molar-refractivity contribution in [2.75, 3.05) is 0 Å². The summed E-state index contributed by atoms with van der Waals surface area (Å²) < 4.78 is 0. The van der Waals surface area contributed by atoms with Crippen LogP contribution in [0.4, 0.5) is 0 Å². The number of fused-ring (bicyclic) bond motifs is 1. The largest absolute Gasteiger partial charge is 0.550 e. The Hall–Kier alpha value is -3.13. The molecule has 5 heteroatoms. The number of amides is 1. The molecule has 0 radical (unpaired) electrons. The van der Waals surface area contributed by atoms with E-state index in [0.717, 1.165) is 5.56 Å². The van der Waals surface area contributed by atoms with Crippen molar-refractivity contribution in [3.8, 4) is 6.07 Å². The number of carbonyl (C=O) groups is 2. The molecule has 0 saturated carbocycles. The zero-order valence-corrected chi connectivity index (χ0v) is 12.2. The van der Waals surface area contributed by atoms with Gasteiger partial charge in [0.15, 0.2) is 0 Å². The Morgan fingerprint density at radius 3 is 2.52 bits per heavy atom. The van der Waals surface area contributed by atoms with E-state index < -0.39 is 12.0 Å². The van der Waals surface area contributed by atoms with Crippen molar-refractivity contribution >= 4 is 11.9 Å². The summed E-state index contributed by atoms with van der Waals surface area (Å²) in [7, 11) is 0. The number of carbonyl (C=O) groups excluding carboxylic acids is 2. The van der Waals surface area contributed by atoms with Gasteiger partial charge in [-0.3, -0.25) is 4.79 Å². The Kier molecular flexibility index (Phi) is 3.82. The average Bonchev–Trinajstić information content (AvgIpc) is 2.90. The first-order valence-electron chi connectivity index (χ1n) is 7.19. The third kappa shape index (κ3) is 2.79. The minimum atomic E-state index is -1.22. The van der Waals surface area contributed by atoms with Crippen molar-refractivity contribution in [1.29, 1.82) is 5.26 Å². The number of hydrogen-bond donors (Lipinski definition) is 0. The van der Waals surface area contributed by atoms with E-state index in [9.17, 15) is 14.7 Å². The second-order valence-corrected chi connectivity index (χ2v) is 5.42. The Morgan fingerprint density at radius 2 is 1.91 bits per heavy atom. The molecule has 0 saturated heterocycles. The summed E-state index contributed by atoms with van der Waals surface area (Å²) in [5.41, 5.74) is 2.64. The summed E-state index contributed by atoms with van der Waals surface area (Å²) in [6.45, 7) is 0.368. The minimum Gasteiger partial charge on any atom is -0.550 e. The molecule has 1 atom stereocenters. The lowest BCUT2D eigenvalue weighted by molar-refractivity contribution is -0.306. The molecule has 0 aromatic heterocycles. The molecule has 23 heavy (non-hydrogen) atoms. The third-order valence-corrected chi connectivity index (χ3v) is 4.01. The molecule has 1 aliphatic rings. The van der Waals surface area contributed by atoms with E-state index >= 15 is 0 Å². The van der Waals surface area contributed by atoms with E-state index in [1.807, 2.05) is 18.2 Å². The van der Waals surface area contributed by atoms with Crippen LogP contribution < -0.4 is 5.11 Å². The van der Waals surface area contributed by atoms with Crippen LogP contribution >= 0.6 is 0 Å². The van der Waals surface area contributed by atoms with Gasteiger partial charge in [0, 0.05) is 24.5 Å². The number of aliphatic carboxylic acids is 1. The molecule has 0 bridgehead atoms. The van der Waals surface area contributed by atoms with E-state index in [0.29, 0.717) is 23.2 Å². The average molecular weight is 305 g/mol. The quantitative estimate of drug-likeness (QED) is 0.854. The van der Waals surface area contributed by atoms with E-state index in [1.54, 1.807) is 41.3 Å². The number of nitrogens with zero attached hydrogens (tertiary/aromatic N) is 2. The van der Waals surface area contributed by atoms with Gasteiger partial charge in [0.2, 0.25) is 0 Å². The second-order valence-electron chi connectivity index (χ2n) is 5.42. The summed E-state index contributed by atoms with van der Waals surface area (Å²) in [5, 5.41) is 20.0. The number of rotatable bonds is 4. The van der Waals surface area contributed by atoms with Crippen LogP contribution in [0.2, 0.25) is 0 Å². The van der Waals surface area contributed by atoms with E-state index in [2.05, 4.69) is 0 Å². The first kappa shape index (κ1) is 14.8. The van der Waals surface area contributed by atoms with Crippen LogP contribution in [0.15, 0.2) is 48.5 Å². The Balaban J connectivity index is 1.96. The van der Waals surface area contributed by atoms with Crippen LogP contribution in [0, 0.1) is 11.3 Å². The maximum absolute atomic E-state index is 12.6. The molecule has 1 aliphatic heterocycles. The van der Waals surface area contributed by atoms with Crippen molar-refractivity contribution < 1.29 is 14.7 Å². The Labute approximate surface area is 133 Å². The third-order valence-electron chi connectivity index (χ3n) is 4.01. The lowest BCUT2D eigenvalue weighted by atomic mass is 10.0.